The maximum Gasteiger partial charge on any atom is 0.291 e. The van der Waals surface area contributed by atoms with Crippen LogP contribution in [0.3, 0.4) is 0 Å². The highest BCUT2D eigenvalue weighted by atomic mass is 35.5. The minimum Gasteiger partial charge on any atom is -0.438 e. The van der Waals surface area contributed by atoms with Gasteiger partial charge in [0.1, 0.15) is 5.82 Å². The minimum atomic E-state index is -3.91. The molecule has 1 aromatic carbocycles. The summed E-state index contributed by atoms with van der Waals surface area (Å²) in [5.74, 6) is -1.77. The van der Waals surface area contributed by atoms with E-state index in [9.17, 15) is 17.6 Å². The van der Waals surface area contributed by atoms with Crippen LogP contribution in [0.1, 0.15) is 31.3 Å². The van der Waals surface area contributed by atoms with Crippen molar-refractivity contribution in [1.29, 1.82) is 0 Å². The molecule has 0 radical (unpaired) electrons. The molecule has 0 aliphatic rings. The van der Waals surface area contributed by atoms with Crippen molar-refractivity contribution in [2.75, 3.05) is 5.32 Å². The molecule has 9 heteroatoms. The summed E-state index contributed by atoms with van der Waals surface area (Å²) in [4.78, 5) is 12.1. The third-order valence-electron chi connectivity index (χ3n) is 2.69. The van der Waals surface area contributed by atoms with Crippen molar-refractivity contribution in [1.82, 2.24) is 4.72 Å². The molecule has 0 spiro atoms. The Kier molecular flexibility index (Phi) is 5.03. The number of furan rings is 1. The van der Waals surface area contributed by atoms with Crippen LogP contribution in [0.5, 0.6) is 0 Å². The first-order valence-electron chi connectivity index (χ1n) is 6.88. The van der Waals surface area contributed by atoms with Crippen LogP contribution in [-0.4, -0.2) is 19.9 Å². The number of hydrogen-bond donors (Lipinski definition) is 2. The number of rotatable bonds is 4. The Morgan fingerprint density at radius 3 is 2.46 bits per heavy atom. The second kappa shape index (κ2) is 6.54. The molecule has 1 amide bonds. The topological polar surface area (TPSA) is 88.4 Å². The van der Waals surface area contributed by atoms with Gasteiger partial charge >= 0.3 is 0 Å². The number of benzene rings is 1. The van der Waals surface area contributed by atoms with Crippen LogP contribution < -0.4 is 10.0 Å². The molecule has 2 rings (SSSR count). The van der Waals surface area contributed by atoms with Gasteiger partial charge in [0.05, 0.1) is 5.69 Å². The summed E-state index contributed by atoms with van der Waals surface area (Å²) < 4.78 is 45.4. The molecule has 0 saturated carbocycles. The van der Waals surface area contributed by atoms with Gasteiger partial charge in [-0.3, -0.25) is 4.79 Å². The Hall–Kier alpha value is -1.90. The molecule has 1 aromatic heterocycles. The molecule has 2 N–H and O–H groups in total. The summed E-state index contributed by atoms with van der Waals surface area (Å²) in [6.07, 6.45) is 0. The van der Waals surface area contributed by atoms with E-state index in [4.69, 9.17) is 16.0 Å². The molecule has 0 aliphatic carbocycles. The van der Waals surface area contributed by atoms with Crippen molar-refractivity contribution in [2.45, 2.75) is 31.4 Å². The van der Waals surface area contributed by atoms with Crippen molar-refractivity contribution in [3.05, 3.63) is 46.9 Å². The van der Waals surface area contributed by atoms with Gasteiger partial charge in [-0.1, -0.05) is 11.6 Å². The fourth-order valence-electron chi connectivity index (χ4n) is 1.81. The van der Waals surface area contributed by atoms with Gasteiger partial charge in [0.15, 0.2) is 5.76 Å². The van der Waals surface area contributed by atoms with Crippen LogP contribution in [0.25, 0.3) is 0 Å². The van der Waals surface area contributed by atoms with Gasteiger partial charge in [0.2, 0.25) is 5.09 Å². The number of hydrogen-bond acceptors (Lipinski definition) is 4. The first-order chi connectivity index (χ1) is 11.0. The SMILES string of the molecule is CC(C)(C)NS(=O)(=O)c1ccc(C(=O)Nc2ccc(Cl)cc2F)o1. The Morgan fingerprint density at radius 2 is 1.88 bits per heavy atom. The van der Waals surface area contributed by atoms with Gasteiger partial charge in [-0.15, -0.1) is 0 Å². The molecular weight excluding hydrogens is 359 g/mol. The second-order valence-corrected chi connectivity index (χ2v) is 8.10. The molecule has 0 saturated heterocycles. The average molecular weight is 375 g/mol. The Morgan fingerprint density at radius 1 is 1.21 bits per heavy atom. The number of sulfonamides is 1. The van der Waals surface area contributed by atoms with Gasteiger partial charge in [-0.25, -0.2) is 17.5 Å². The zero-order valence-electron chi connectivity index (χ0n) is 13.2. The Balaban J connectivity index is 2.19. The lowest BCUT2D eigenvalue weighted by molar-refractivity contribution is 0.0991. The third-order valence-corrected chi connectivity index (χ3v) is 4.56. The molecule has 6 nitrogen and oxygen atoms in total. The van der Waals surface area contributed by atoms with Gasteiger partial charge in [-0.2, -0.15) is 0 Å². The molecule has 0 unspecified atom stereocenters. The molecule has 24 heavy (non-hydrogen) atoms. The van der Waals surface area contributed by atoms with E-state index in [1.807, 2.05) is 0 Å². The summed E-state index contributed by atoms with van der Waals surface area (Å²) in [6, 6.07) is 6.09. The van der Waals surface area contributed by atoms with Crippen LogP contribution in [0, 0.1) is 5.82 Å². The molecule has 130 valence electrons. The van der Waals surface area contributed by atoms with E-state index in [-0.39, 0.29) is 16.5 Å². The van der Waals surface area contributed by atoms with Crippen LogP contribution in [0.4, 0.5) is 10.1 Å². The monoisotopic (exact) mass is 374 g/mol. The minimum absolute atomic E-state index is 0.0991. The Bertz CT molecular complexity index is 872. The van der Waals surface area contributed by atoms with Crippen molar-refractivity contribution >= 4 is 33.2 Å². The van der Waals surface area contributed by atoms with E-state index < -0.39 is 32.4 Å². The van der Waals surface area contributed by atoms with E-state index in [0.717, 1.165) is 12.1 Å². The van der Waals surface area contributed by atoms with Crippen molar-refractivity contribution in [3.8, 4) is 0 Å². The number of amides is 1. The van der Waals surface area contributed by atoms with Gasteiger partial charge in [-0.05, 0) is 51.1 Å². The number of anilines is 1. The third kappa shape index (κ3) is 4.56. The largest absolute Gasteiger partial charge is 0.438 e. The van der Waals surface area contributed by atoms with Crippen molar-refractivity contribution < 1.29 is 22.0 Å². The van der Waals surface area contributed by atoms with Crippen molar-refractivity contribution in [3.63, 3.8) is 0 Å². The molecule has 2 aromatic rings. The van der Waals surface area contributed by atoms with Crippen LogP contribution in [0.15, 0.2) is 39.8 Å². The van der Waals surface area contributed by atoms with Crippen LogP contribution >= 0.6 is 11.6 Å². The lowest BCUT2D eigenvalue weighted by atomic mass is 10.1. The molecule has 0 bridgehead atoms. The fraction of sp³-hybridized carbons (Fsp3) is 0.267. The predicted molar refractivity (Wildman–Crippen MR) is 88.1 cm³/mol. The van der Waals surface area contributed by atoms with E-state index in [0.29, 0.717) is 0 Å². The average Bonchev–Trinajstić information content (AvgIpc) is 2.89. The van der Waals surface area contributed by atoms with E-state index >= 15 is 0 Å². The smallest absolute Gasteiger partial charge is 0.291 e. The van der Waals surface area contributed by atoms with E-state index in [2.05, 4.69) is 10.0 Å². The van der Waals surface area contributed by atoms with Crippen LogP contribution in [0.2, 0.25) is 5.02 Å². The van der Waals surface area contributed by atoms with E-state index in [1.165, 1.54) is 18.2 Å². The van der Waals surface area contributed by atoms with Gasteiger partial charge < -0.3 is 9.73 Å². The molecule has 0 atom stereocenters. The quantitative estimate of drug-likeness (QED) is 0.858. The maximum atomic E-state index is 13.7. The highest BCUT2D eigenvalue weighted by molar-refractivity contribution is 7.89. The predicted octanol–water partition coefficient (Wildman–Crippen LogP) is 3.40. The molecule has 0 fully saturated rings. The number of nitrogens with one attached hydrogen (secondary N) is 2. The summed E-state index contributed by atoms with van der Waals surface area (Å²) in [5.41, 5.74) is -0.807. The first-order valence-corrected chi connectivity index (χ1v) is 8.74. The summed E-state index contributed by atoms with van der Waals surface area (Å²) in [5, 5.41) is 2.07. The second-order valence-electron chi connectivity index (χ2n) is 6.05. The highest BCUT2D eigenvalue weighted by Gasteiger charge is 2.26. The lowest BCUT2D eigenvalue weighted by Crippen LogP contribution is -2.40. The normalized spacial score (nSPS) is 12.2. The molecule has 0 aliphatic heterocycles. The Labute approximate surface area is 144 Å². The van der Waals surface area contributed by atoms with E-state index in [1.54, 1.807) is 20.8 Å². The zero-order chi connectivity index (χ0) is 18.1. The van der Waals surface area contributed by atoms with Gasteiger partial charge in [0.25, 0.3) is 15.9 Å². The molecular formula is C15H16ClFN2O4S. The number of halogens is 2. The van der Waals surface area contributed by atoms with Crippen LogP contribution in [-0.2, 0) is 10.0 Å². The summed E-state index contributed by atoms with van der Waals surface area (Å²) in [7, 11) is -3.91. The number of carbonyl (C=O) groups excluding carboxylic acids is 1. The fourth-order valence-corrected chi connectivity index (χ4v) is 3.33. The number of carbonyl (C=O) groups is 1. The zero-order valence-corrected chi connectivity index (χ0v) is 14.8. The maximum absolute atomic E-state index is 13.7. The van der Waals surface area contributed by atoms with Gasteiger partial charge in [0, 0.05) is 10.6 Å². The van der Waals surface area contributed by atoms with Crippen molar-refractivity contribution in [2.24, 2.45) is 0 Å². The first kappa shape index (κ1) is 18.4. The summed E-state index contributed by atoms with van der Waals surface area (Å²) in [6.45, 7) is 5.01. The lowest BCUT2D eigenvalue weighted by Gasteiger charge is -2.18. The molecule has 1 heterocycles. The summed E-state index contributed by atoms with van der Waals surface area (Å²) >= 11 is 5.63. The standard InChI is InChI=1S/C15H16ClFN2O4S/c1-15(2,3)19-24(21,22)13-7-6-12(23-13)14(20)18-11-5-4-9(16)8-10(11)17/h4-8,19H,1-3H3,(H,18,20). The highest BCUT2D eigenvalue weighted by Crippen LogP contribution is 2.21.